The summed E-state index contributed by atoms with van der Waals surface area (Å²) in [7, 11) is 1.61. The Hall–Kier alpha value is -3.49. The number of amides is 2. The summed E-state index contributed by atoms with van der Waals surface area (Å²) < 4.78 is 9.95. The number of hydrogen-bond donors (Lipinski definition) is 1. The van der Waals surface area contributed by atoms with Gasteiger partial charge in [-0.1, -0.05) is 10.3 Å². The van der Waals surface area contributed by atoms with Crippen LogP contribution in [0.4, 0.5) is 0 Å². The molecule has 1 saturated heterocycles. The van der Waals surface area contributed by atoms with E-state index in [0.29, 0.717) is 42.2 Å². The summed E-state index contributed by atoms with van der Waals surface area (Å²) in [5.41, 5.74) is 3.39. The molecule has 168 valence electrons. The first kappa shape index (κ1) is 21.7. The molecule has 9 heteroatoms. The fraction of sp³-hybridized carbons (Fsp3) is 0.435. The van der Waals surface area contributed by atoms with Crippen LogP contribution in [0.25, 0.3) is 10.9 Å². The van der Waals surface area contributed by atoms with Crippen molar-refractivity contribution in [1.82, 2.24) is 25.5 Å². The minimum Gasteiger partial charge on any atom is -0.497 e. The predicted molar refractivity (Wildman–Crippen MR) is 117 cm³/mol. The first-order chi connectivity index (χ1) is 15.4. The van der Waals surface area contributed by atoms with Gasteiger partial charge in [-0.05, 0) is 56.9 Å². The van der Waals surface area contributed by atoms with Gasteiger partial charge in [0, 0.05) is 24.9 Å². The first-order valence-corrected chi connectivity index (χ1v) is 10.7. The van der Waals surface area contributed by atoms with Gasteiger partial charge in [0.2, 0.25) is 5.91 Å². The molecule has 2 amide bonds. The van der Waals surface area contributed by atoms with Crippen LogP contribution < -0.4 is 10.1 Å². The van der Waals surface area contributed by atoms with Crippen molar-refractivity contribution in [2.24, 2.45) is 5.92 Å². The molecule has 0 bridgehead atoms. The number of aromatic nitrogens is 3. The number of methoxy groups -OCH3 is 1. The highest BCUT2D eigenvalue weighted by molar-refractivity contribution is 5.99. The molecule has 1 aliphatic rings. The standard InChI is InChI=1S/C23H27N5O4/c1-14-19(11-17-10-18(31-3)6-7-20(17)25-14)23(30)28-8-4-5-16(13-28)9-22(29)24-12-21-15(2)26-32-27-21/h6-7,10-11,16H,4-5,8-9,12-13H2,1-3H3,(H,24,29)/t16-/m0/s1. The van der Waals surface area contributed by atoms with Crippen LogP contribution in [-0.4, -0.2) is 52.2 Å². The number of nitrogens with one attached hydrogen (secondary N) is 1. The van der Waals surface area contributed by atoms with Gasteiger partial charge in [0.15, 0.2) is 0 Å². The second kappa shape index (κ2) is 9.33. The molecule has 1 aliphatic heterocycles. The molecule has 4 rings (SSSR count). The summed E-state index contributed by atoms with van der Waals surface area (Å²) in [5, 5.41) is 11.2. The lowest BCUT2D eigenvalue weighted by Gasteiger charge is -2.33. The summed E-state index contributed by atoms with van der Waals surface area (Å²) in [5.74, 6) is 0.719. The van der Waals surface area contributed by atoms with Crippen molar-refractivity contribution in [3.63, 3.8) is 0 Å². The van der Waals surface area contributed by atoms with Gasteiger partial charge in [-0.25, -0.2) is 4.63 Å². The van der Waals surface area contributed by atoms with Crippen LogP contribution in [0.1, 0.15) is 46.7 Å². The lowest BCUT2D eigenvalue weighted by molar-refractivity contribution is -0.122. The van der Waals surface area contributed by atoms with Crippen molar-refractivity contribution < 1.29 is 19.0 Å². The molecule has 9 nitrogen and oxygen atoms in total. The maximum atomic E-state index is 13.3. The molecule has 0 unspecified atom stereocenters. The van der Waals surface area contributed by atoms with Gasteiger partial charge in [0.05, 0.1) is 30.4 Å². The normalized spacial score (nSPS) is 16.2. The highest BCUT2D eigenvalue weighted by atomic mass is 16.6. The maximum Gasteiger partial charge on any atom is 0.255 e. The van der Waals surface area contributed by atoms with Crippen LogP contribution in [-0.2, 0) is 11.3 Å². The Morgan fingerprint density at radius 1 is 1.22 bits per heavy atom. The van der Waals surface area contributed by atoms with E-state index in [4.69, 9.17) is 4.74 Å². The molecule has 3 aromatic rings. The van der Waals surface area contributed by atoms with Crippen molar-refractivity contribution in [3.05, 3.63) is 46.9 Å². The summed E-state index contributed by atoms with van der Waals surface area (Å²) in [4.78, 5) is 32.1. The number of carbonyl (C=O) groups excluding carboxylic acids is 2. The van der Waals surface area contributed by atoms with E-state index in [-0.39, 0.29) is 24.3 Å². The highest BCUT2D eigenvalue weighted by Crippen LogP contribution is 2.25. The second-order valence-electron chi connectivity index (χ2n) is 8.22. The number of hydrogen-bond acceptors (Lipinski definition) is 7. The van der Waals surface area contributed by atoms with Gasteiger partial charge in [0.25, 0.3) is 5.91 Å². The van der Waals surface area contributed by atoms with Gasteiger partial charge in [-0.15, -0.1) is 0 Å². The Morgan fingerprint density at radius 2 is 2.06 bits per heavy atom. The number of rotatable bonds is 6. The quantitative estimate of drug-likeness (QED) is 0.631. The fourth-order valence-electron chi connectivity index (χ4n) is 4.11. The molecule has 0 saturated carbocycles. The molecule has 1 N–H and O–H groups in total. The van der Waals surface area contributed by atoms with Gasteiger partial charge >= 0.3 is 0 Å². The molecule has 1 fully saturated rings. The molecule has 1 atom stereocenters. The van der Waals surface area contributed by atoms with Crippen LogP contribution in [0.5, 0.6) is 5.75 Å². The third kappa shape index (κ3) is 4.71. The lowest BCUT2D eigenvalue weighted by Crippen LogP contribution is -2.41. The lowest BCUT2D eigenvalue weighted by atomic mass is 9.93. The second-order valence-corrected chi connectivity index (χ2v) is 8.22. The van der Waals surface area contributed by atoms with E-state index in [2.05, 4.69) is 25.2 Å². The van der Waals surface area contributed by atoms with Crippen LogP contribution in [0, 0.1) is 19.8 Å². The molecule has 32 heavy (non-hydrogen) atoms. The minimum absolute atomic E-state index is 0.0471. The smallest absolute Gasteiger partial charge is 0.255 e. The van der Waals surface area contributed by atoms with E-state index in [1.807, 2.05) is 36.1 Å². The Kier molecular flexibility index (Phi) is 6.34. The van der Waals surface area contributed by atoms with E-state index in [0.717, 1.165) is 29.5 Å². The number of carbonyl (C=O) groups is 2. The molecule has 2 aromatic heterocycles. The molecular weight excluding hydrogens is 410 g/mol. The SMILES string of the molecule is COc1ccc2nc(C)c(C(=O)N3CCC[C@@H](CC(=O)NCc4nonc4C)C3)cc2c1. The monoisotopic (exact) mass is 437 g/mol. The van der Waals surface area contributed by atoms with E-state index in [1.165, 1.54) is 0 Å². The molecule has 1 aromatic carbocycles. The summed E-state index contributed by atoms with van der Waals surface area (Å²) in [6, 6.07) is 7.51. The van der Waals surface area contributed by atoms with Gasteiger partial charge < -0.3 is 15.0 Å². The number of aryl methyl sites for hydroxylation is 2. The molecule has 0 aliphatic carbocycles. The average molecular weight is 438 g/mol. The number of fused-ring (bicyclic) bond motifs is 1. The number of piperidine rings is 1. The van der Waals surface area contributed by atoms with E-state index < -0.39 is 0 Å². The topological polar surface area (TPSA) is 110 Å². The molecule has 3 heterocycles. The zero-order chi connectivity index (χ0) is 22.7. The van der Waals surface area contributed by atoms with Gasteiger partial charge in [-0.3, -0.25) is 14.6 Å². The Morgan fingerprint density at radius 3 is 2.81 bits per heavy atom. The Balaban J connectivity index is 1.41. The summed E-state index contributed by atoms with van der Waals surface area (Å²) >= 11 is 0. The van der Waals surface area contributed by atoms with Crippen molar-refractivity contribution in [3.8, 4) is 5.75 Å². The number of pyridine rings is 1. The van der Waals surface area contributed by atoms with Crippen LogP contribution >= 0.6 is 0 Å². The number of benzene rings is 1. The maximum absolute atomic E-state index is 13.3. The number of nitrogens with zero attached hydrogens (tertiary/aromatic N) is 4. The van der Waals surface area contributed by atoms with Crippen molar-refractivity contribution >= 4 is 22.7 Å². The van der Waals surface area contributed by atoms with Crippen molar-refractivity contribution in [2.75, 3.05) is 20.2 Å². The third-order valence-corrected chi connectivity index (χ3v) is 5.92. The van der Waals surface area contributed by atoms with Crippen LogP contribution in [0.15, 0.2) is 28.9 Å². The number of ether oxygens (including phenoxy) is 1. The fourth-order valence-corrected chi connectivity index (χ4v) is 4.11. The minimum atomic E-state index is -0.0673. The van der Waals surface area contributed by atoms with E-state index >= 15 is 0 Å². The largest absolute Gasteiger partial charge is 0.497 e. The summed E-state index contributed by atoms with van der Waals surface area (Å²) in [6.07, 6.45) is 2.14. The van der Waals surface area contributed by atoms with Gasteiger partial charge in [0.1, 0.15) is 17.1 Å². The highest BCUT2D eigenvalue weighted by Gasteiger charge is 2.27. The Labute approximate surface area is 186 Å². The third-order valence-electron chi connectivity index (χ3n) is 5.92. The molecular formula is C23H27N5O4. The van der Waals surface area contributed by atoms with Crippen LogP contribution in [0.2, 0.25) is 0 Å². The molecule has 0 radical (unpaired) electrons. The van der Waals surface area contributed by atoms with Crippen molar-refractivity contribution in [1.29, 1.82) is 0 Å². The van der Waals surface area contributed by atoms with E-state index in [9.17, 15) is 9.59 Å². The van der Waals surface area contributed by atoms with E-state index in [1.54, 1.807) is 14.0 Å². The van der Waals surface area contributed by atoms with Crippen molar-refractivity contribution in [2.45, 2.75) is 39.7 Å². The average Bonchev–Trinajstić information content (AvgIpc) is 3.21. The van der Waals surface area contributed by atoms with Gasteiger partial charge in [-0.2, -0.15) is 0 Å². The Bertz CT molecular complexity index is 1140. The zero-order valence-corrected chi connectivity index (χ0v) is 18.6. The zero-order valence-electron chi connectivity index (χ0n) is 18.6. The first-order valence-electron chi connectivity index (χ1n) is 10.7. The summed E-state index contributed by atoms with van der Waals surface area (Å²) in [6.45, 7) is 5.15. The molecule has 0 spiro atoms. The van der Waals surface area contributed by atoms with Crippen LogP contribution in [0.3, 0.4) is 0 Å². The predicted octanol–water partition coefficient (Wildman–Crippen LogP) is 2.80. The number of likely N-dealkylation sites (tertiary alicyclic amines) is 1.